The maximum Gasteiger partial charge on any atom is 0.416 e. The minimum atomic E-state index is -4.49. The van der Waals surface area contributed by atoms with Crippen molar-refractivity contribution in [1.29, 1.82) is 0 Å². The van der Waals surface area contributed by atoms with E-state index in [0.717, 1.165) is 37.3 Å². The van der Waals surface area contributed by atoms with Crippen molar-refractivity contribution in [1.82, 2.24) is 15.1 Å². The van der Waals surface area contributed by atoms with Crippen LogP contribution >= 0.6 is 0 Å². The SMILES string of the molecule is CCN1CCN(C(=O)[C@@H](Cc2ccccc2)NCC(=O)Nc2cccc(C(F)(F)F)c2)CC1. The minimum Gasteiger partial charge on any atom is -0.339 e. The first-order valence-electron chi connectivity index (χ1n) is 11.0. The second-order valence-corrected chi connectivity index (χ2v) is 8.01. The number of piperazine rings is 1. The van der Waals surface area contributed by atoms with Crippen molar-refractivity contribution in [2.75, 3.05) is 44.6 Å². The van der Waals surface area contributed by atoms with E-state index in [4.69, 9.17) is 0 Å². The number of carbonyl (C=O) groups excluding carboxylic acids is 2. The molecule has 2 aromatic rings. The van der Waals surface area contributed by atoms with E-state index in [0.29, 0.717) is 19.5 Å². The van der Waals surface area contributed by atoms with Crippen LogP contribution in [0.15, 0.2) is 54.6 Å². The highest BCUT2D eigenvalue weighted by atomic mass is 19.4. The van der Waals surface area contributed by atoms with Gasteiger partial charge in [-0.15, -0.1) is 0 Å². The average Bonchev–Trinajstić information content (AvgIpc) is 2.81. The van der Waals surface area contributed by atoms with Crippen LogP contribution in [0.1, 0.15) is 18.1 Å². The molecule has 1 aliphatic heterocycles. The number of amides is 2. The monoisotopic (exact) mass is 462 g/mol. The number of likely N-dealkylation sites (N-methyl/N-ethyl adjacent to an activating group) is 1. The van der Waals surface area contributed by atoms with Crippen molar-refractivity contribution in [3.63, 3.8) is 0 Å². The molecule has 1 atom stereocenters. The van der Waals surface area contributed by atoms with Crippen LogP contribution in [0.5, 0.6) is 0 Å². The Labute approximate surface area is 191 Å². The number of hydrogen-bond donors (Lipinski definition) is 2. The Morgan fingerprint density at radius 3 is 2.33 bits per heavy atom. The summed E-state index contributed by atoms with van der Waals surface area (Å²) in [7, 11) is 0. The summed E-state index contributed by atoms with van der Waals surface area (Å²) >= 11 is 0. The number of nitrogens with one attached hydrogen (secondary N) is 2. The third-order valence-electron chi connectivity index (χ3n) is 5.69. The van der Waals surface area contributed by atoms with Crippen LogP contribution in [-0.2, 0) is 22.2 Å². The maximum atomic E-state index is 13.2. The van der Waals surface area contributed by atoms with E-state index >= 15 is 0 Å². The molecule has 33 heavy (non-hydrogen) atoms. The summed E-state index contributed by atoms with van der Waals surface area (Å²) < 4.78 is 38.7. The summed E-state index contributed by atoms with van der Waals surface area (Å²) in [5, 5.41) is 5.49. The number of carbonyl (C=O) groups is 2. The molecule has 0 aliphatic carbocycles. The molecular weight excluding hydrogens is 433 g/mol. The number of rotatable bonds is 8. The number of alkyl halides is 3. The van der Waals surface area contributed by atoms with Gasteiger partial charge >= 0.3 is 6.18 Å². The van der Waals surface area contributed by atoms with E-state index < -0.39 is 23.7 Å². The highest BCUT2D eigenvalue weighted by molar-refractivity contribution is 5.93. The number of nitrogens with zero attached hydrogens (tertiary/aromatic N) is 2. The summed E-state index contributed by atoms with van der Waals surface area (Å²) in [5.41, 5.74) is 0.170. The van der Waals surface area contributed by atoms with Crippen LogP contribution in [0.25, 0.3) is 0 Å². The second kappa shape index (κ2) is 11.3. The zero-order valence-electron chi connectivity index (χ0n) is 18.6. The maximum absolute atomic E-state index is 13.2. The number of anilines is 1. The van der Waals surface area contributed by atoms with Gasteiger partial charge in [0.25, 0.3) is 0 Å². The van der Waals surface area contributed by atoms with Gasteiger partial charge in [-0.1, -0.05) is 43.3 Å². The van der Waals surface area contributed by atoms with E-state index in [1.807, 2.05) is 30.3 Å². The van der Waals surface area contributed by atoms with Crippen molar-refractivity contribution in [3.8, 4) is 0 Å². The second-order valence-electron chi connectivity index (χ2n) is 8.01. The van der Waals surface area contributed by atoms with Gasteiger partial charge in [-0.2, -0.15) is 13.2 Å². The molecule has 2 N–H and O–H groups in total. The lowest BCUT2D eigenvalue weighted by Crippen LogP contribution is -2.55. The van der Waals surface area contributed by atoms with Gasteiger partial charge in [-0.25, -0.2) is 0 Å². The van der Waals surface area contributed by atoms with Gasteiger partial charge in [0.05, 0.1) is 18.2 Å². The Bertz CT molecular complexity index is 929. The molecule has 0 aromatic heterocycles. The zero-order chi connectivity index (χ0) is 23.8. The van der Waals surface area contributed by atoms with Crippen molar-refractivity contribution < 1.29 is 22.8 Å². The number of hydrogen-bond acceptors (Lipinski definition) is 4. The highest BCUT2D eigenvalue weighted by Crippen LogP contribution is 2.30. The fourth-order valence-electron chi connectivity index (χ4n) is 3.80. The van der Waals surface area contributed by atoms with Crippen LogP contribution in [-0.4, -0.2) is 66.9 Å². The van der Waals surface area contributed by atoms with E-state index in [1.165, 1.54) is 12.1 Å². The Balaban J connectivity index is 1.63. The van der Waals surface area contributed by atoms with Crippen molar-refractivity contribution in [3.05, 3.63) is 65.7 Å². The van der Waals surface area contributed by atoms with Crippen LogP contribution in [0.4, 0.5) is 18.9 Å². The summed E-state index contributed by atoms with van der Waals surface area (Å²) in [6.45, 7) is 5.66. The Hall–Kier alpha value is -2.91. The topological polar surface area (TPSA) is 64.7 Å². The Morgan fingerprint density at radius 2 is 1.70 bits per heavy atom. The molecule has 0 unspecified atom stereocenters. The van der Waals surface area contributed by atoms with Gasteiger partial charge in [-0.3, -0.25) is 14.9 Å². The molecule has 3 rings (SSSR count). The molecule has 1 saturated heterocycles. The Kier molecular flexibility index (Phi) is 8.46. The molecule has 178 valence electrons. The molecule has 2 aromatic carbocycles. The summed E-state index contributed by atoms with van der Waals surface area (Å²) in [4.78, 5) is 29.7. The number of benzene rings is 2. The fourth-order valence-corrected chi connectivity index (χ4v) is 3.80. The molecule has 1 aliphatic rings. The molecular formula is C24H29F3N4O2. The first kappa shape index (κ1) is 24.7. The van der Waals surface area contributed by atoms with E-state index in [2.05, 4.69) is 22.5 Å². The third kappa shape index (κ3) is 7.30. The molecule has 0 radical (unpaired) electrons. The van der Waals surface area contributed by atoms with E-state index in [9.17, 15) is 22.8 Å². The highest BCUT2D eigenvalue weighted by Gasteiger charge is 2.31. The standard InChI is InChI=1S/C24H29F3N4O2/c1-2-30-11-13-31(14-12-30)23(33)21(15-18-7-4-3-5-8-18)28-17-22(32)29-20-10-6-9-19(16-20)24(25,26)27/h3-10,16,21,28H,2,11-15,17H2,1H3,(H,29,32)/t21-/m1/s1. The molecule has 0 spiro atoms. The Morgan fingerprint density at radius 1 is 1.00 bits per heavy atom. The van der Waals surface area contributed by atoms with Crippen LogP contribution in [0, 0.1) is 0 Å². The van der Waals surface area contributed by atoms with Gasteiger partial charge in [0.2, 0.25) is 11.8 Å². The predicted octanol–water partition coefficient (Wildman–Crippen LogP) is 3.01. The van der Waals surface area contributed by atoms with Gasteiger partial charge in [0, 0.05) is 31.9 Å². The molecule has 1 fully saturated rings. The molecule has 1 heterocycles. The normalized spacial score (nSPS) is 15.8. The summed E-state index contributed by atoms with van der Waals surface area (Å²) in [6.07, 6.45) is -4.08. The van der Waals surface area contributed by atoms with Crippen LogP contribution in [0.3, 0.4) is 0 Å². The molecule has 6 nitrogen and oxygen atoms in total. The predicted molar refractivity (Wildman–Crippen MR) is 121 cm³/mol. The van der Waals surface area contributed by atoms with E-state index in [-0.39, 0.29) is 18.1 Å². The van der Waals surface area contributed by atoms with Crippen molar-refractivity contribution in [2.24, 2.45) is 0 Å². The summed E-state index contributed by atoms with van der Waals surface area (Å²) in [6, 6.07) is 13.3. The lowest BCUT2D eigenvalue weighted by atomic mass is 10.0. The first-order valence-corrected chi connectivity index (χ1v) is 11.0. The minimum absolute atomic E-state index is 0.0539. The third-order valence-corrected chi connectivity index (χ3v) is 5.69. The molecule has 9 heteroatoms. The smallest absolute Gasteiger partial charge is 0.339 e. The first-order chi connectivity index (χ1) is 15.8. The van der Waals surface area contributed by atoms with Gasteiger partial charge in [0.15, 0.2) is 0 Å². The van der Waals surface area contributed by atoms with E-state index in [1.54, 1.807) is 4.90 Å². The van der Waals surface area contributed by atoms with Crippen LogP contribution < -0.4 is 10.6 Å². The lowest BCUT2D eigenvalue weighted by molar-refractivity contribution is -0.137. The largest absolute Gasteiger partial charge is 0.416 e. The molecule has 0 saturated carbocycles. The van der Waals surface area contributed by atoms with Gasteiger partial charge in [0.1, 0.15) is 0 Å². The number of halogens is 3. The zero-order valence-corrected chi connectivity index (χ0v) is 18.6. The molecule has 0 bridgehead atoms. The van der Waals surface area contributed by atoms with Crippen molar-refractivity contribution in [2.45, 2.75) is 25.6 Å². The summed E-state index contributed by atoms with van der Waals surface area (Å²) in [5.74, 6) is -0.600. The molecule has 2 amide bonds. The van der Waals surface area contributed by atoms with Gasteiger partial charge < -0.3 is 15.1 Å². The average molecular weight is 463 g/mol. The fraction of sp³-hybridized carbons (Fsp3) is 0.417. The van der Waals surface area contributed by atoms with Crippen LogP contribution in [0.2, 0.25) is 0 Å². The quantitative estimate of drug-likeness (QED) is 0.633. The van der Waals surface area contributed by atoms with Crippen molar-refractivity contribution >= 4 is 17.5 Å². The lowest BCUT2D eigenvalue weighted by Gasteiger charge is -2.36. The van der Waals surface area contributed by atoms with Gasteiger partial charge in [-0.05, 0) is 36.7 Å².